The molecule has 3 aromatic carbocycles. The third-order valence-corrected chi connectivity index (χ3v) is 16.4. The van der Waals surface area contributed by atoms with E-state index in [0.29, 0.717) is 91.9 Å². The maximum Gasteiger partial charge on any atom is 0.232 e. The Morgan fingerprint density at radius 2 is 0.517 bits per heavy atom. The van der Waals surface area contributed by atoms with Gasteiger partial charge in [-0.2, -0.15) is 15.0 Å². The van der Waals surface area contributed by atoms with Crippen molar-refractivity contribution >= 4 is 23.3 Å². The van der Waals surface area contributed by atoms with E-state index in [9.17, 15) is 0 Å². The monoisotopic (exact) mass is 1200 g/mol. The summed E-state index contributed by atoms with van der Waals surface area (Å²) in [5.74, 6) is 5.28. The number of ether oxygens (including phenoxy) is 6. The number of hydrogen-bond donors (Lipinski definition) is 2. The van der Waals surface area contributed by atoms with Gasteiger partial charge in [-0.15, -0.1) is 0 Å². The summed E-state index contributed by atoms with van der Waals surface area (Å²) >= 11 is 0. The van der Waals surface area contributed by atoms with Gasteiger partial charge in [0.2, 0.25) is 23.4 Å². The molecule has 0 amide bonds. The van der Waals surface area contributed by atoms with Crippen molar-refractivity contribution in [2.24, 2.45) is 0 Å². The molecule has 0 atom stereocenters. The van der Waals surface area contributed by atoms with E-state index < -0.39 is 0 Å². The van der Waals surface area contributed by atoms with Crippen LogP contribution in [0.15, 0.2) is 48.5 Å². The van der Waals surface area contributed by atoms with Crippen LogP contribution in [0.3, 0.4) is 0 Å². The summed E-state index contributed by atoms with van der Waals surface area (Å²) in [5.41, 5.74) is 3.23. The number of nitrogens with one attached hydrogen (secondary N) is 2. The maximum absolute atomic E-state index is 6.75. The molecule has 0 bridgehead atoms. The molecule has 491 valence electrons. The van der Waals surface area contributed by atoms with E-state index in [2.05, 4.69) is 59.1 Å². The molecule has 2 N–H and O–H groups in total. The highest BCUT2D eigenvalue weighted by Gasteiger charge is 2.21. The van der Waals surface area contributed by atoms with Crippen LogP contribution in [0.1, 0.15) is 317 Å². The average Bonchev–Trinajstić information content (AvgIpc) is 1.87. The van der Waals surface area contributed by atoms with Crippen molar-refractivity contribution in [3.8, 4) is 45.9 Å². The summed E-state index contributed by atoms with van der Waals surface area (Å²) in [4.78, 5) is 15.3. The van der Waals surface area contributed by atoms with E-state index in [1.807, 2.05) is 48.5 Å². The van der Waals surface area contributed by atoms with E-state index in [1.165, 1.54) is 193 Å². The molecule has 1 heterocycles. The molecular formula is C76H126N5O6. The van der Waals surface area contributed by atoms with E-state index in [-0.39, 0.29) is 0 Å². The number of unbranched alkanes of at least 4 members (excludes halogenated alkanes) is 36. The average molecular weight is 1210 g/mol. The van der Waals surface area contributed by atoms with Gasteiger partial charge in [0, 0.05) is 41.2 Å². The van der Waals surface area contributed by atoms with E-state index >= 15 is 0 Å². The fourth-order valence-corrected chi connectivity index (χ4v) is 11.0. The summed E-state index contributed by atoms with van der Waals surface area (Å²) in [7, 11) is 0. The van der Waals surface area contributed by atoms with Gasteiger partial charge in [-0.1, -0.05) is 297 Å². The van der Waals surface area contributed by atoms with Crippen molar-refractivity contribution < 1.29 is 28.4 Å². The first-order valence-electron chi connectivity index (χ1n) is 36.3. The first-order chi connectivity index (χ1) is 42.9. The zero-order chi connectivity index (χ0) is 61.9. The molecule has 11 heteroatoms. The van der Waals surface area contributed by atoms with Gasteiger partial charge < -0.3 is 39.1 Å². The number of rotatable bonds is 59. The molecule has 4 rings (SSSR count). The van der Waals surface area contributed by atoms with Gasteiger partial charge in [-0.3, -0.25) is 0 Å². The zero-order valence-electron chi connectivity index (χ0n) is 56.6. The maximum atomic E-state index is 6.75. The molecule has 0 aliphatic carbocycles. The fourth-order valence-electron chi connectivity index (χ4n) is 11.0. The Bertz CT molecular complexity index is 2060. The lowest BCUT2D eigenvalue weighted by molar-refractivity contribution is 0.234. The Kier molecular flexibility index (Phi) is 43.6. The minimum absolute atomic E-state index is 0.370. The molecule has 0 unspecified atom stereocenters. The van der Waals surface area contributed by atoms with Gasteiger partial charge in [0.1, 0.15) is 0 Å². The van der Waals surface area contributed by atoms with Gasteiger partial charge in [-0.05, 0) is 51.0 Å². The molecule has 0 aliphatic heterocycles. The van der Waals surface area contributed by atoms with Crippen LogP contribution in [0.4, 0.5) is 23.3 Å². The summed E-state index contributed by atoms with van der Waals surface area (Å²) in [6, 6.07) is 16.1. The number of anilines is 4. The molecular weight excluding hydrogens is 1080 g/mol. The molecule has 1 radical (unpaired) electrons. The molecule has 0 saturated carbocycles. The Morgan fingerprint density at radius 3 is 0.770 bits per heavy atom. The van der Waals surface area contributed by atoms with Crippen LogP contribution in [0, 0.1) is 6.92 Å². The van der Waals surface area contributed by atoms with Crippen molar-refractivity contribution in [2.75, 3.05) is 50.3 Å². The van der Waals surface area contributed by atoms with E-state index in [4.69, 9.17) is 43.4 Å². The topological polar surface area (TPSA) is 118 Å². The lowest BCUT2D eigenvalue weighted by atomic mass is 10.1. The number of aromatic nitrogens is 3. The van der Waals surface area contributed by atoms with E-state index in [0.717, 1.165) is 99.6 Å². The number of benzene rings is 3. The van der Waals surface area contributed by atoms with Crippen molar-refractivity contribution in [1.29, 1.82) is 0 Å². The smallest absolute Gasteiger partial charge is 0.232 e. The minimum Gasteiger partial charge on any atom is -0.489 e. The van der Waals surface area contributed by atoms with Crippen LogP contribution in [-0.2, 0) is 0 Å². The van der Waals surface area contributed by atoms with Gasteiger partial charge in [0.15, 0.2) is 28.8 Å². The third-order valence-electron chi connectivity index (χ3n) is 16.4. The molecule has 87 heavy (non-hydrogen) atoms. The minimum atomic E-state index is 0.370. The first kappa shape index (κ1) is 74.5. The SMILES string of the molecule is [CH2]c1ccc(-c2nc(Nc3cc(OCCCCCCCCC)c(OCCCCCCCCC)c(OCCCCCCCCC)c3)nc(Nc3cc(OCCCCCCCCC)c(OCCCCCCCCC)c(OCCCCCCCCC)c3)n2)cc1. The molecule has 0 fully saturated rings. The number of nitrogens with zero attached hydrogens (tertiary/aromatic N) is 3. The second-order valence-electron chi connectivity index (χ2n) is 24.7. The predicted molar refractivity (Wildman–Crippen MR) is 370 cm³/mol. The molecule has 0 spiro atoms. The molecule has 4 aromatic rings. The highest BCUT2D eigenvalue weighted by Crippen LogP contribution is 2.44. The Labute approximate surface area is 532 Å². The van der Waals surface area contributed by atoms with Crippen LogP contribution in [0.25, 0.3) is 11.4 Å². The fraction of sp³-hybridized carbons (Fsp3) is 0.711. The van der Waals surface area contributed by atoms with Crippen LogP contribution < -0.4 is 39.1 Å². The molecule has 1 aromatic heterocycles. The highest BCUT2D eigenvalue weighted by atomic mass is 16.5. The van der Waals surface area contributed by atoms with Gasteiger partial charge >= 0.3 is 0 Å². The second-order valence-corrected chi connectivity index (χ2v) is 24.7. The Hall–Kier alpha value is -4.93. The van der Waals surface area contributed by atoms with Crippen molar-refractivity contribution in [3.63, 3.8) is 0 Å². The lowest BCUT2D eigenvalue weighted by Gasteiger charge is -2.20. The van der Waals surface area contributed by atoms with Crippen LogP contribution in [0.5, 0.6) is 34.5 Å². The van der Waals surface area contributed by atoms with Crippen molar-refractivity contribution in [1.82, 2.24) is 15.0 Å². The van der Waals surface area contributed by atoms with Crippen molar-refractivity contribution in [2.45, 2.75) is 311 Å². The molecule has 0 saturated heterocycles. The summed E-state index contributed by atoms with van der Waals surface area (Å²) in [5, 5.41) is 7.22. The van der Waals surface area contributed by atoms with E-state index in [1.54, 1.807) is 0 Å². The van der Waals surface area contributed by atoms with Crippen LogP contribution in [-0.4, -0.2) is 54.6 Å². The Balaban J connectivity index is 1.75. The van der Waals surface area contributed by atoms with Crippen molar-refractivity contribution in [3.05, 3.63) is 61.0 Å². The van der Waals surface area contributed by atoms with Gasteiger partial charge in [0.05, 0.1) is 39.6 Å². The molecule has 11 nitrogen and oxygen atoms in total. The summed E-state index contributed by atoms with van der Waals surface area (Å²) < 4.78 is 40.5. The normalized spacial score (nSPS) is 11.3. The van der Waals surface area contributed by atoms with Crippen LogP contribution in [0.2, 0.25) is 0 Å². The summed E-state index contributed by atoms with van der Waals surface area (Å²) in [6.07, 6.45) is 50.6. The summed E-state index contributed by atoms with van der Waals surface area (Å²) in [6.45, 7) is 21.4. The first-order valence-corrected chi connectivity index (χ1v) is 36.3. The molecule has 0 aliphatic rings. The van der Waals surface area contributed by atoms with Crippen LogP contribution >= 0.6 is 0 Å². The quantitative estimate of drug-likeness (QED) is 0.0412. The number of hydrogen-bond acceptors (Lipinski definition) is 11. The lowest BCUT2D eigenvalue weighted by Crippen LogP contribution is -2.09. The van der Waals surface area contributed by atoms with Gasteiger partial charge in [-0.25, -0.2) is 0 Å². The highest BCUT2D eigenvalue weighted by molar-refractivity contribution is 5.70. The standard InChI is InChI=1S/C76H126N5O6/c1-8-14-20-26-32-38-44-54-82-68-60-66(61-69(83-55-45-39-33-27-21-15-9-2)72(68)86-58-48-42-36-30-24-18-12-5)77-75-79-74(65-52-50-64(7)51-53-65)80-76(81-75)78-67-62-70(84-56-46-40-34-28-22-16-10-3)73(87-59-49-43-37-31-25-19-13-6)71(63-67)85-57-47-41-35-29-23-17-11-4/h50-53,60-63H,7-49,54-59H2,1-6H3,(H2,77,78,79,80,81). The second kappa shape index (κ2) is 50.9. The predicted octanol–water partition coefficient (Wildman–Crippen LogP) is 24.0. The third kappa shape index (κ3) is 34.6. The zero-order valence-corrected chi connectivity index (χ0v) is 56.6. The van der Waals surface area contributed by atoms with Gasteiger partial charge in [0.25, 0.3) is 0 Å². The Morgan fingerprint density at radius 1 is 0.287 bits per heavy atom. The largest absolute Gasteiger partial charge is 0.489 e.